The Morgan fingerprint density at radius 1 is 1.05 bits per heavy atom. The first kappa shape index (κ1) is 15.5. The van der Waals surface area contributed by atoms with Crippen LogP contribution in [0.25, 0.3) is 0 Å². The number of halogens is 3. The first-order valence-corrected chi connectivity index (χ1v) is 7.63. The topological polar surface area (TPSA) is 9.23 Å². The van der Waals surface area contributed by atoms with Gasteiger partial charge < -0.3 is 4.74 Å². The Kier molecular flexibility index (Phi) is 5.59. The van der Waals surface area contributed by atoms with Gasteiger partial charge in [-0.15, -0.1) is 11.6 Å². The second-order valence-corrected chi connectivity index (χ2v) is 5.79. The van der Waals surface area contributed by atoms with Crippen LogP contribution >= 0.6 is 34.8 Å². The zero-order chi connectivity index (χ0) is 14.5. The van der Waals surface area contributed by atoms with Gasteiger partial charge >= 0.3 is 0 Å². The van der Waals surface area contributed by atoms with Crippen molar-refractivity contribution in [2.75, 3.05) is 5.88 Å². The molecule has 0 aliphatic carbocycles. The van der Waals surface area contributed by atoms with Crippen molar-refractivity contribution in [3.05, 3.63) is 63.6 Å². The Bertz CT molecular complexity index is 566. The number of aryl methyl sites for hydroxylation is 1. The second kappa shape index (κ2) is 7.21. The fourth-order valence-corrected chi connectivity index (χ4v) is 2.55. The van der Waals surface area contributed by atoms with Gasteiger partial charge in [0.2, 0.25) is 0 Å². The van der Waals surface area contributed by atoms with Gasteiger partial charge in [0.25, 0.3) is 0 Å². The highest BCUT2D eigenvalue weighted by atomic mass is 35.5. The molecule has 2 aromatic carbocycles. The van der Waals surface area contributed by atoms with Gasteiger partial charge in [0.1, 0.15) is 11.9 Å². The van der Waals surface area contributed by atoms with Crippen molar-refractivity contribution in [3.8, 4) is 5.75 Å². The molecule has 0 spiro atoms. The average Bonchev–Trinajstić information content (AvgIpc) is 2.42. The Balaban J connectivity index is 2.22. The van der Waals surface area contributed by atoms with Crippen molar-refractivity contribution in [2.45, 2.75) is 19.4 Å². The van der Waals surface area contributed by atoms with E-state index >= 15 is 0 Å². The largest absolute Gasteiger partial charge is 0.484 e. The lowest BCUT2D eigenvalue weighted by Crippen LogP contribution is -2.08. The summed E-state index contributed by atoms with van der Waals surface area (Å²) in [7, 11) is 0. The molecular weight excluding hydrogens is 315 g/mol. The summed E-state index contributed by atoms with van der Waals surface area (Å²) in [6.07, 6.45) is 0.593. The maximum absolute atomic E-state index is 6.14. The summed E-state index contributed by atoms with van der Waals surface area (Å²) in [4.78, 5) is 0. The van der Waals surface area contributed by atoms with Crippen molar-refractivity contribution >= 4 is 34.8 Å². The molecule has 0 aliphatic rings. The Morgan fingerprint density at radius 3 is 2.35 bits per heavy atom. The van der Waals surface area contributed by atoms with E-state index in [4.69, 9.17) is 39.5 Å². The van der Waals surface area contributed by atoms with Crippen molar-refractivity contribution < 1.29 is 4.74 Å². The normalized spacial score (nSPS) is 12.2. The summed E-state index contributed by atoms with van der Waals surface area (Å²) in [5.74, 6) is 1.13. The van der Waals surface area contributed by atoms with Crippen LogP contribution in [-0.2, 0) is 0 Å². The van der Waals surface area contributed by atoms with Crippen molar-refractivity contribution in [3.63, 3.8) is 0 Å². The minimum atomic E-state index is -0.119. The summed E-state index contributed by atoms with van der Waals surface area (Å²) in [6.45, 7) is 2.05. The lowest BCUT2D eigenvalue weighted by atomic mass is 10.1. The van der Waals surface area contributed by atoms with Crippen LogP contribution in [0.15, 0.2) is 42.5 Å². The lowest BCUT2D eigenvalue weighted by Gasteiger charge is -2.20. The molecule has 0 heterocycles. The van der Waals surface area contributed by atoms with Crippen LogP contribution < -0.4 is 4.74 Å². The fourth-order valence-electron chi connectivity index (χ4n) is 1.90. The van der Waals surface area contributed by atoms with E-state index in [1.54, 1.807) is 18.2 Å². The van der Waals surface area contributed by atoms with Crippen LogP contribution in [0.3, 0.4) is 0 Å². The zero-order valence-electron chi connectivity index (χ0n) is 11.1. The van der Waals surface area contributed by atoms with Crippen LogP contribution in [0.1, 0.15) is 23.7 Å². The highest BCUT2D eigenvalue weighted by molar-refractivity contribution is 6.35. The van der Waals surface area contributed by atoms with Crippen LogP contribution in [0.4, 0.5) is 0 Å². The summed E-state index contributed by atoms with van der Waals surface area (Å²) < 4.78 is 5.99. The van der Waals surface area contributed by atoms with Gasteiger partial charge in [0, 0.05) is 17.3 Å². The van der Waals surface area contributed by atoms with Gasteiger partial charge in [0.15, 0.2) is 0 Å². The van der Waals surface area contributed by atoms with E-state index in [1.807, 2.05) is 0 Å². The predicted octanol–water partition coefficient (Wildman–Crippen LogP) is 6.05. The molecule has 106 valence electrons. The molecule has 1 atom stereocenters. The monoisotopic (exact) mass is 328 g/mol. The number of rotatable bonds is 5. The van der Waals surface area contributed by atoms with Crippen molar-refractivity contribution in [1.82, 2.24) is 0 Å². The van der Waals surface area contributed by atoms with E-state index in [0.717, 1.165) is 5.56 Å². The molecule has 0 saturated carbocycles. The summed E-state index contributed by atoms with van der Waals surface area (Å²) >= 11 is 17.9. The third kappa shape index (κ3) is 4.05. The number of alkyl halides is 1. The minimum absolute atomic E-state index is 0.119. The van der Waals surface area contributed by atoms with Gasteiger partial charge in [-0.2, -0.15) is 0 Å². The molecule has 0 N–H and O–H groups in total. The molecule has 0 saturated heterocycles. The predicted molar refractivity (Wildman–Crippen MR) is 86.3 cm³/mol. The Hall–Kier alpha value is -0.890. The molecule has 4 heteroatoms. The first-order chi connectivity index (χ1) is 9.60. The minimum Gasteiger partial charge on any atom is -0.484 e. The van der Waals surface area contributed by atoms with E-state index in [1.165, 1.54) is 5.56 Å². The van der Waals surface area contributed by atoms with Gasteiger partial charge in [-0.3, -0.25) is 0 Å². The Morgan fingerprint density at radius 2 is 1.75 bits per heavy atom. The SMILES string of the molecule is Cc1ccc(C(CCCl)Oc2ccc(Cl)cc2Cl)cc1. The maximum atomic E-state index is 6.14. The Labute approximate surface area is 134 Å². The summed E-state index contributed by atoms with van der Waals surface area (Å²) in [6, 6.07) is 13.4. The molecule has 1 nitrogen and oxygen atoms in total. The molecule has 0 radical (unpaired) electrons. The van der Waals surface area contributed by atoms with E-state index in [9.17, 15) is 0 Å². The quantitative estimate of drug-likeness (QED) is 0.607. The molecular formula is C16H15Cl3O. The fraction of sp³-hybridized carbons (Fsp3) is 0.250. The van der Waals surface area contributed by atoms with Crippen LogP contribution in [0, 0.1) is 6.92 Å². The molecule has 2 rings (SSSR count). The van der Waals surface area contributed by atoms with Gasteiger partial charge in [-0.25, -0.2) is 0 Å². The second-order valence-electron chi connectivity index (χ2n) is 4.57. The highest BCUT2D eigenvalue weighted by Gasteiger charge is 2.14. The molecule has 1 unspecified atom stereocenters. The number of benzene rings is 2. The van der Waals surface area contributed by atoms with Crippen molar-refractivity contribution in [2.24, 2.45) is 0 Å². The molecule has 0 fully saturated rings. The van der Waals surface area contributed by atoms with E-state index in [-0.39, 0.29) is 6.10 Å². The summed E-state index contributed by atoms with van der Waals surface area (Å²) in [5.41, 5.74) is 2.30. The van der Waals surface area contributed by atoms with Crippen LogP contribution in [0.2, 0.25) is 10.0 Å². The van der Waals surface area contributed by atoms with E-state index in [2.05, 4.69) is 31.2 Å². The number of hydrogen-bond donors (Lipinski definition) is 0. The molecule has 2 aromatic rings. The smallest absolute Gasteiger partial charge is 0.138 e. The molecule has 20 heavy (non-hydrogen) atoms. The zero-order valence-corrected chi connectivity index (χ0v) is 13.3. The average molecular weight is 330 g/mol. The van der Waals surface area contributed by atoms with Gasteiger partial charge in [-0.1, -0.05) is 53.0 Å². The molecule has 0 bridgehead atoms. The van der Waals surface area contributed by atoms with Gasteiger partial charge in [0.05, 0.1) is 5.02 Å². The third-order valence-electron chi connectivity index (χ3n) is 2.98. The third-order valence-corrected chi connectivity index (χ3v) is 3.73. The van der Waals surface area contributed by atoms with E-state index in [0.29, 0.717) is 28.1 Å². The maximum Gasteiger partial charge on any atom is 0.138 e. The molecule has 0 aromatic heterocycles. The number of hydrogen-bond acceptors (Lipinski definition) is 1. The van der Waals surface area contributed by atoms with Gasteiger partial charge in [-0.05, 0) is 30.7 Å². The summed E-state index contributed by atoms with van der Waals surface area (Å²) in [5, 5.41) is 1.09. The lowest BCUT2D eigenvalue weighted by molar-refractivity contribution is 0.202. The first-order valence-electron chi connectivity index (χ1n) is 6.34. The van der Waals surface area contributed by atoms with E-state index < -0.39 is 0 Å². The van der Waals surface area contributed by atoms with Crippen LogP contribution in [0.5, 0.6) is 5.75 Å². The highest BCUT2D eigenvalue weighted by Crippen LogP contribution is 2.32. The number of ether oxygens (including phenoxy) is 1. The standard InChI is InChI=1S/C16H15Cl3O/c1-11-2-4-12(5-3-11)15(8-9-17)20-16-7-6-13(18)10-14(16)19/h2-7,10,15H,8-9H2,1H3. The van der Waals surface area contributed by atoms with Crippen molar-refractivity contribution in [1.29, 1.82) is 0 Å². The molecule has 0 aliphatic heterocycles. The molecule has 0 amide bonds. The van der Waals surface area contributed by atoms with Crippen LogP contribution in [-0.4, -0.2) is 5.88 Å².